The Morgan fingerprint density at radius 1 is 1.00 bits per heavy atom. The molecule has 2 bridgehead atoms. The molecule has 0 aliphatic heterocycles. The van der Waals surface area contributed by atoms with Gasteiger partial charge in [0, 0.05) is 11.8 Å². The number of hydrogen-bond acceptors (Lipinski definition) is 3. The molecule has 3 heteroatoms. The van der Waals surface area contributed by atoms with Crippen molar-refractivity contribution in [2.75, 3.05) is 5.73 Å². The van der Waals surface area contributed by atoms with Gasteiger partial charge < -0.3 is 15.2 Å². The second kappa shape index (κ2) is 6.39. The standard InChI is InChI=1S/C21H25NO2/c1-14-7-18(22)12-20(23-13-15-5-3-2-4-6-15)21(14)24-19-10-16-8-17(9-16)11-19/h2-7,12,16-17,19H,8-11,13,22H2,1H3. The Morgan fingerprint density at radius 2 is 1.71 bits per heavy atom. The molecule has 126 valence electrons. The number of nitrogen functional groups attached to an aromatic ring is 1. The van der Waals surface area contributed by atoms with Gasteiger partial charge in [0.15, 0.2) is 11.5 Å². The minimum atomic E-state index is 0.323. The van der Waals surface area contributed by atoms with E-state index in [2.05, 4.69) is 12.1 Å². The molecule has 3 aliphatic carbocycles. The van der Waals surface area contributed by atoms with Crippen LogP contribution in [-0.2, 0) is 6.61 Å². The molecule has 0 spiro atoms. The van der Waals surface area contributed by atoms with Crippen molar-refractivity contribution in [1.29, 1.82) is 0 Å². The normalized spacial score (nSPS) is 25.0. The van der Waals surface area contributed by atoms with Gasteiger partial charge in [-0.3, -0.25) is 0 Å². The van der Waals surface area contributed by atoms with Gasteiger partial charge in [0.2, 0.25) is 0 Å². The van der Waals surface area contributed by atoms with Crippen LogP contribution < -0.4 is 15.2 Å². The van der Waals surface area contributed by atoms with E-state index in [4.69, 9.17) is 15.2 Å². The van der Waals surface area contributed by atoms with Crippen LogP contribution in [0.1, 0.15) is 36.8 Å². The molecule has 0 unspecified atom stereocenters. The average Bonchev–Trinajstić information content (AvgIpc) is 2.56. The number of aryl methyl sites for hydroxylation is 1. The number of anilines is 1. The fourth-order valence-electron chi connectivity index (χ4n) is 4.12. The maximum absolute atomic E-state index is 6.38. The van der Waals surface area contributed by atoms with Crippen LogP contribution in [0.4, 0.5) is 5.69 Å². The van der Waals surface area contributed by atoms with E-state index in [9.17, 15) is 0 Å². The highest BCUT2D eigenvalue weighted by Crippen LogP contribution is 2.47. The maximum Gasteiger partial charge on any atom is 0.164 e. The molecular weight excluding hydrogens is 298 g/mol. The molecule has 0 aromatic heterocycles. The molecule has 24 heavy (non-hydrogen) atoms. The summed E-state index contributed by atoms with van der Waals surface area (Å²) in [5.74, 6) is 3.37. The molecule has 0 amide bonds. The zero-order valence-corrected chi connectivity index (χ0v) is 14.2. The number of hydrogen-bond donors (Lipinski definition) is 1. The number of rotatable bonds is 5. The largest absolute Gasteiger partial charge is 0.486 e. The molecular formula is C21H25NO2. The average molecular weight is 323 g/mol. The van der Waals surface area contributed by atoms with E-state index >= 15 is 0 Å². The quantitative estimate of drug-likeness (QED) is 0.810. The van der Waals surface area contributed by atoms with Gasteiger partial charge in [-0.05, 0) is 61.6 Å². The molecule has 2 aromatic carbocycles. The molecule has 3 nitrogen and oxygen atoms in total. The van der Waals surface area contributed by atoms with Crippen molar-refractivity contribution in [1.82, 2.24) is 0 Å². The summed E-state index contributed by atoms with van der Waals surface area (Å²) in [6, 6.07) is 14.0. The van der Waals surface area contributed by atoms with Gasteiger partial charge in [0.25, 0.3) is 0 Å². The van der Waals surface area contributed by atoms with Crippen LogP contribution in [-0.4, -0.2) is 6.10 Å². The lowest BCUT2D eigenvalue weighted by molar-refractivity contribution is 0.0111. The van der Waals surface area contributed by atoms with Crippen molar-refractivity contribution in [3.63, 3.8) is 0 Å². The predicted molar refractivity (Wildman–Crippen MR) is 96.2 cm³/mol. The molecule has 0 radical (unpaired) electrons. The van der Waals surface area contributed by atoms with Gasteiger partial charge in [0.1, 0.15) is 6.61 Å². The molecule has 3 saturated carbocycles. The second-order valence-corrected chi connectivity index (χ2v) is 7.35. The van der Waals surface area contributed by atoms with Crippen LogP contribution in [0, 0.1) is 18.8 Å². The van der Waals surface area contributed by atoms with Crippen LogP contribution in [0.5, 0.6) is 11.5 Å². The molecule has 3 fully saturated rings. The first-order valence-electron chi connectivity index (χ1n) is 8.91. The highest BCUT2D eigenvalue weighted by atomic mass is 16.5. The van der Waals surface area contributed by atoms with Crippen LogP contribution in [0.2, 0.25) is 0 Å². The van der Waals surface area contributed by atoms with Crippen molar-refractivity contribution in [2.45, 2.75) is 45.3 Å². The Labute approximate surface area is 143 Å². The molecule has 5 rings (SSSR count). The zero-order valence-electron chi connectivity index (χ0n) is 14.2. The lowest BCUT2D eigenvalue weighted by atomic mass is 9.64. The Morgan fingerprint density at radius 3 is 2.42 bits per heavy atom. The summed E-state index contributed by atoms with van der Waals surface area (Å²) in [4.78, 5) is 0. The third-order valence-electron chi connectivity index (χ3n) is 5.31. The van der Waals surface area contributed by atoms with Gasteiger partial charge in [-0.25, -0.2) is 0 Å². The summed E-state index contributed by atoms with van der Waals surface area (Å²) in [5.41, 5.74) is 8.94. The number of nitrogens with two attached hydrogens (primary N) is 1. The van der Waals surface area contributed by atoms with Crippen molar-refractivity contribution in [3.8, 4) is 11.5 Å². The first kappa shape index (κ1) is 15.4. The summed E-state index contributed by atoms with van der Waals surface area (Å²) in [6.07, 6.45) is 5.48. The Balaban J connectivity index is 1.51. The highest BCUT2D eigenvalue weighted by Gasteiger charge is 2.39. The lowest BCUT2D eigenvalue weighted by Crippen LogP contribution is -2.39. The Hall–Kier alpha value is -2.16. The van der Waals surface area contributed by atoms with E-state index in [0.29, 0.717) is 12.7 Å². The fourth-order valence-corrected chi connectivity index (χ4v) is 4.12. The van der Waals surface area contributed by atoms with Crippen LogP contribution in [0.25, 0.3) is 0 Å². The minimum absolute atomic E-state index is 0.323. The monoisotopic (exact) mass is 323 g/mol. The molecule has 2 N–H and O–H groups in total. The Kier molecular flexibility index (Phi) is 4.09. The van der Waals surface area contributed by atoms with E-state index in [0.717, 1.165) is 40.1 Å². The van der Waals surface area contributed by atoms with Crippen molar-refractivity contribution < 1.29 is 9.47 Å². The zero-order chi connectivity index (χ0) is 16.5. The third kappa shape index (κ3) is 3.21. The first-order valence-corrected chi connectivity index (χ1v) is 8.91. The van der Waals surface area contributed by atoms with E-state index in [1.807, 2.05) is 37.3 Å². The second-order valence-electron chi connectivity index (χ2n) is 7.35. The van der Waals surface area contributed by atoms with Crippen LogP contribution >= 0.6 is 0 Å². The van der Waals surface area contributed by atoms with Gasteiger partial charge in [-0.15, -0.1) is 0 Å². The maximum atomic E-state index is 6.38. The number of benzene rings is 2. The van der Waals surface area contributed by atoms with E-state index in [1.54, 1.807) is 0 Å². The van der Waals surface area contributed by atoms with Crippen molar-refractivity contribution in [3.05, 3.63) is 53.6 Å². The molecule has 3 aliphatic rings. The van der Waals surface area contributed by atoms with Gasteiger partial charge in [0.05, 0.1) is 6.10 Å². The van der Waals surface area contributed by atoms with Crippen LogP contribution in [0.15, 0.2) is 42.5 Å². The summed E-state index contributed by atoms with van der Waals surface area (Å²) >= 11 is 0. The summed E-state index contributed by atoms with van der Waals surface area (Å²) in [5, 5.41) is 0. The summed E-state index contributed by atoms with van der Waals surface area (Å²) < 4.78 is 12.4. The SMILES string of the molecule is Cc1cc(N)cc(OCc2ccccc2)c1OC1CC2CC(C2)C1. The number of ether oxygens (including phenoxy) is 2. The highest BCUT2D eigenvalue weighted by molar-refractivity contribution is 5.56. The number of fused-ring (bicyclic) bond motifs is 2. The van der Waals surface area contributed by atoms with Gasteiger partial charge in [-0.1, -0.05) is 30.3 Å². The predicted octanol–water partition coefficient (Wildman–Crippen LogP) is 4.72. The third-order valence-corrected chi connectivity index (χ3v) is 5.31. The van der Waals surface area contributed by atoms with Crippen molar-refractivity contribution in [2.24, 2.45) is 11.8 Å². The minimum Gasteiger partial charge on any atom is -0.486 e. The Bertz CT molecular complexity index is 697. The molecule has 0 atom stereocenters. The van der Waals surface area contributed by atoms with Crippen LogP contribution in [0.3, 0.4) is 0 Å². The molecule has 0 saturated heterocycles. The van der Waals surface area contributed by atoms with E-state index in [1.165, 1.54) is 25.7 Å². The van der Waals surface area contributed by atoms with E-state index < -0.39 is 0 Å². The first-order chi connectivity index (χ1) is 11.7. The van der Waals surface area contributed by atoms with Gasteiger partial charge >= 0.3 is 0 Å². The smallest absolute Gasteiger partial charge is 0.164 e. The van der Waals surface area contributed by atoms with Crippen molar-refractivity contribution >= 4 is 5.69 Å². The summed E-state index contributed by atoms with van der Waals surface area (Å²) in [6.45, 7) is 2.57. The molecule has 0 heterocycles. The fraction of sp³-hybridized carbons (Fsp3) is 0.429. The lowest BCUT2D eigenvalue weighted by Gasteiger charge is -2.45. The van der Waals surface area contributed by atoms with Gasteiger partial charge in [-0.2, -0.15) is 0 Å². The molecule has 2 aromatic rings. The topological polar surface area (TPSA) is 44.5 Å². The van der Waals surface area contributed by atoms with E-state index in [-0.39, 0.29) is 0 Å². The summed E-state index contributed by atoms with van der Waals surface area (Å²) in [7, 11) is 0.